The van der Waals surface area contributed by atoms with E-state index in [1.807, 2.05) is 36.4 Å². The molecule has 2 aliphatic rings. The van der Waals surface area contributed by atoms with Crippen LogP contribution in [0.3, 0.4) is 0 Å². The summed E-state index contributed by atoms with van der Waals surface area (Å²) < 4.78 is 10.8. The Balaban J connectivity index is 0.000000448. The van der Waals surface area contributed by atoms with E-state index in [9.17, 15) is 10.2 Å². The van der Waals surface area contributed by atoms with E-state index in [0.29, 0.717) is 17.9 Å². The fourth-order valence-electron chi connectivity index (χ4n) is 3.75. The predicted octanol–water partition coefficient (Wildman–Crippen LogP) is 4.94. The summed E-state index contributed by atoms with van der Waals surface area (Å²) in [5.74, 6) is 0. The Morgan fingerprint density at radius 1 is 1.07 bits per heavy atom. The number of aliphatic hydroxyl groups excluding tert-OH is 2. The maximum atomic E-state index is 10.0. The van der Waals surface area contributed by atoms with Gasteiger partial charge in [-0.1, -0.05) is 60.7 Å². The van der Waals surface area contributed by atoms with E-state index in [0.717, 1.165) is 36.3 Å². The minimum Gasteiger partial charge on any atom is -0.394 e. The summed E-state index contributed by atoms with van der Waals surface area (Å²) in [4.78, 5) is 0. The SMILES string of the molecule is C1CCOC1.C=Cc1ccc(Cc2cc(C3CC(O)CC(CO)O3)ccc2Cl)cc1. The average Bonchev–Trinajstić information content (AvgIpc) is 3.35. The molecule has 0 bridgehead atoms. The molecule has 2 aliphatic heterocycles. The molecule has 5 heteroatoms. The molecule has 2 fully saturated rings. The van der Waals surface area contributed by atoms with Crippen molar-refractivity contribution in [2.24, 2.45) is 0 Å². The molecule has 0 aliphatic carbocycles. The first-order chi connectivity index (χ1) is 14.6. The Morgan fingerprint density at radius 3 is 2.40 bits per heavy atom. The van der Waals surface area contributed by atoms with Crippen molar-refractivity contribution in [3.63, 3.8) is 0 Å². The van der Waals surface area contributed by atoms with E-state index in [-0.39, 0.29) is 18.8 Å². The monoisotopic (exact) mass is 430 g/mol. The molecule has 3 atom stereocenters. The van der Waals surface area contributed by atoms with Crippen LogP contribution >= 0.6 is 11.6 Å². The van der Waals surface area contributed by atoms with Crippen LogP contribution in [0.15, 0.2) is 49.0 Å². The molecule has 0 aromatic heterocycles. The largest absolute Gasteiger partial charge is 0.394 e. The van der Waals surface area contributed by atoms with E-state index in [1.165, 1.54) is 18.4 Å². The van der Waals surface area contributed by atoms with Gasteiger partial charge in [0.1, 0.15) is 0 Å². The summed E-state index contributed by atoms with van der Waals surface area (Å²) in [5, 5.41) is 20.1. The second kappa shape index (κ2) is 11.6. The lowest BCUT2D eigenvalue weighted by molar-refractivity contribution is -0.113. The number of hydrogen-bond acceptors (Lipinski definition) is 4. The second-order valence-electron chi connectivity index (χ2n) is 7.85. The molecular weight excluding hydrogens is 400 g/mol. The third-order valence-electron chi connectivity index (χ3n) is 5.46. The lowest BCUT2D eigenvalue weighted by Gasteiger charge is -2.32. The van der Waals surface area contributed by atoms with Crippen LogP contribution in [-0.2, 0) is 15.9 Å². The summed E-state index contributed by atoms with van der Waals surface area (Å²) in [5.41, 5.74) is 4.26. The van der Waals surface area contributed by atoms with Gasteiger partial charge in [-0.15, -0.1) is 0 Å². The van der Waals surface area contributed by atoms with Gasteiger partial charge in [-0.25, -0.2) is 0 Å². The molecule has 2 heterocycles. The zero-order valence-corrected chi connectivity index (χ0v) is 18.1. The Labute approximate surface area is 184 Å². The van der Waals surface area contributed by atoms with Crippen molar-refractivity contribution in [3.05, 3.63) is 76.3 Å². The highest BCUT2D eigenvalue weighted by Crippen LogP contribution is 2.33. The van der Waals surface area contributed by atoms with E-state index < -0.39 is 6.10 Å². The number of hydrogen-bond donors (Lipinski definition) is 2. The maximum absolute atomic E-state index is 10.0. The minimum absolute atomic E-state index is 0.0797. The minimum atomic E-state index is -0.457. The topological polar surface area (TPSA) is 58.9 Å². The fourth-order valence-corrected chi connectivity index (χ4v) is 3.94. The van der Waals surface area contributed by atoms with Gasteiger partial charge in [0.15, 0.2) is 0 Å². The lowest BCUT2D eigenvalue weighted by Crippen LogP contribution is -2.33. The van der Waals surface area contributed by atoms with Crippen LogP contribution < -0.4 is 0 Å². The smallest absolute Gasteiger partial charge is 0.0854 e. The molecule has 30 heavy (non-hydrogen) atoms. The van der Waals surface area contributed by atoms with E-state index >= 15 is 0 Å². The Kier molecular flexibility index (Phi) is 8.91. The molecule has 3 unspecified atom stereocenters. The first-order valence-corrected chi connectivity index (χ1v) is 11.0. The van der Waals surface area contributed by atoms with Crippen LogP contribution in [0.2, 0.25) is 5.02 Å². The summed E-state index contributed by atoms with van der Waals surface area (Å²) in [6, 6.07) is 14.1. The number of benzene rings is 2. The van der Waals surface area contributed by atoms with E-state index in [4.69, 9.17) is 21.1 Å². The molecule has 2 saturated heterocycles. The predicted molar refractivity (Wildman–Crippen MR) is 121 cm³/mol. The zero-order valence-electron chi connectivity index (χ0n) is 17.3. The highest BCUT2D eigenvalue weighted by molar-refractivity contribution is 6.31. The highest BCUT2D eigenvalue weighted by atomic mass is 35.5. The van der Waals surface area contributed by atoms with Crippen molar-refractivity contribution in [3.8, 4) is 0 Å². The molecule has 2 aromatic rings. The van der Waals surface area contributed by atoms with E-state index in [2.05, 4.69) is 18.7 Å². The first kappa shape index (κ1) is 23.0. The fraction of sp³-hybridized carbons (Fsp3) is 0.440. The first-order valence-electron chi connectivity index (χ1n) is 10.6. The van der Waals surface area contributed by atoms with Gasteiger partial charge in [-0.3, -0.25) is 0 Å². The van der Waals surface area contributed by atoms with Crippen molar-refractivity contribution in [2.75, 3.05) is 19.8 Å². The number of aliphatic hydroxyl groups is 2. The molecule has 162 valence electrons. The second-order valence-corrected chi connectivity index (χ2v) is 8.25. The number of rotatable bonds is 5. The molecule has 0 saturated carbocycles. The third-order valence-corrected chi connectivity index (χ3v) is 5.83. The van der Waals surface area contributed by atoms with Crippen LogP contribution in [0.1, 0.15) is 54.0 Å². The van der Waals surface area contributed by atoms with Crippen molar-refractivity contribution in [1.29, 1.82) is 0 Å². The van der Waals surface area contributed by atoms with Gasteiger partial charge >= 0.3 is 0 Å². The molecule has 4 rings (SSSR count). The van der Waals surface area contributed by atoms with Gasteiger partial charge in [0.2, 0.25) is 0 Å². The van der Waals surface area contributed by atoms with Gasteiger partial charge in [0.05, 0.1) is 24.9 Å². The van der Waals surface area contributed by atoms with Crippen LogP contribution in [-0.4, -0.2) is 42.2 Å². The van der Waals surface area contributed by atoms with Gasteiger partial charge in [0, 0.05) is 31.1 Å². The van der Waals surface area contributed by atoms with Gasteiger partial charge in [-0.2, -0.15) is 0 Å². The maximum Gasteiger partial charge on any atom is 0.0854 e. The van der Waals surface area contributed by atoms with Crippen molar-refractivity contribution >= 4 is 17.7 Å². The van der Waals surface area contributed by atoms with E-state index in [1.54, 1.807) is 0 Å². The number of halogens is 1. The van der Waals surface area contributed by atoms with Crippen molar-refractivity contribution in [2.45, 2.75) is 50.4 Å². The molecule has 2 aromatic carbocycles. The highest BCUT2D eigenvalue weighted by Gasteiger charge is 2.29. The van der Waals surface area contributed by atoms with Crippen LogP contribution in [0.25, 0.3) is 6.08 Å². The summed E-state index contributed by atoms with van der Waals surface area (Å²) >= 11 is 6.38. The number of ether oxygens (including phenoxy) is 2. The van der Waals surface area contributed by atoms with Gasteiger partial charge < -0.3 is 19.7 Å². The normalized spacial score (nSPS) is 23.5. The van der Waals surface area contributed by atoms with Crippen LogP contribution in [0, 0.1) is 0 Å². The Hall–Kier alpha value is -1.69. The molecule has 4 nitrogen and oxygen atoms in total. The standard InChI is InChI=1S/C21H23ClO3.C4H8O/c1-2-14-3-5-15(6-4-14)9-17-10-16(7-8-20(17)22)21-12-18(24)11-19(13-23)25-21;1-2-4-5-3-1/h2-8,10,18-19,21,23-24H,1,9,11-13H2;1-4H2. The van der Waals surface area contributed by atoms with Crippen LogP contribution in [0.4, 0.5) is 0 Å². The summed E-state index contributed by atoms with van der Waals surface area (Å²) in [6.45, 7) is 5.69. The average molecular weight is 431 g/mol. The summed E-state index contributed by atoms with van der Waals surface area (Å²) in [6.07, 6.45) is 5.11. The quantitative estimate of drug-likeness (QED) is 0.705. The zero-order chi connectivity index (χ0) is 21.3. The van der Waals surface area contributed by atoms with Crippen molar-refractivity contribution in [1.82, 2.24) is 0 Å². The Morgan fingerprint density at radius 2 is 1.80 bits per heavy atom. The van der Waals surface area contributed by atoms with Gasteiger partial charge in [0.25, 0.3) is 0 Å². The van der Waals surface area contributed by atoms with Crippen LogP contribution in [0.5, 0.6) is 0 Å². The Bertz CT molecular complexity index is 794. The van der Waals surface area contributed by atoms with Crippen molar-refractivity contribution < 1.29 is 19.7 Å². The molecule has 0 radical (unpaired) electrons. The lowest BCUT2D eigenvalue weighted by atomic mass is 9.94. The molecule has 0 amide bonds. The third kappa shape index (κ3) is 6.66. The molecular formula is C25H31ClO4. The molecule has 2 N–H and O–H groups in total. The van der Waals surface area contributed by atoms with Gasteiger partial charge in [-0.05, 0) is 47.6 Å². The molecule has 0 spiro atoms. The summed E-state index contributed by atoms with van der Waals surface area (Å²) in [7, 11) is 0.